The third-order valence-corrected chi connectivity index (χ3v) is 1.18. The quantitative estimate of drug-likeness (QED) is 0.297. The largest absolute Gasteiger partial charge is 0.571 e. The summed E-state index contributed by atoms with van der Waals surface area (Å²) >= 11 is 0. The molecule has 0 aliphatic rings. The molecule has 0 saturated heterocycles. The van der Waals surface area contributed by atoms with Gasteiger partial charge in [0.2, 0.25) is 7.05 Å². The molecule has 1 atom stereocenters. The molecule has 0 N–H and O–H groups in total. The fourth-order valence-electron chi connectivity index (χ4n) is 0.199. The van der Waals surface area contributed by atoms with Crippen LogP contribution in [0.3, 0.4) is 0 Å². The van der Waals surface area contributed by atoms with Gasteiger partial charge in [0.15, 0.2) is 4.87 Å². The number of hydrogen-bond donors (Lipinski definition) is 0. The van der Waals surface area contributed by atoms with Crippen LogP contribution in [0.25, 0.3) is 0 Å². The normalized spacial score (nSPS) is 17.5. The fourth-order valence-corrected chi connectivity index (χ4v) is 0.199. The average Bonchev–Trinajstić information content (AvgIpc) is 1.67. The molecule has 0 aromatic heterocycles. The molecule has 0 aliphatic carbocycles. The molecule has 4 heteroatoms. The topological polar surface area (TPSA) is 43.1 Å². The summed E-state index contributed by atoms with van der Waals surface area (Å²) in [5, 5.41) is 10.7. The molecule has 0 bridgehead atoms. The molecule has 0 aliphatic heterocycles. The van der Waals surface area contributed by atoms with Crippen LogP contribution in [0.15, 0.2) is 0 Å². The van der Waals surface area contributed by atoms with Gasteiger partial charge in [-0.25, -0.2) is 0 Å². The molecule has 0 radical (unpaired) electrons. The van der Waals surface area contributed by atoms with Crippen molar-refractivity contribution in [1.82, 2.24) is 0 Å². The Hall–Kier alpha value is -0.480. The van der Waals surface area contributed by atoms with E-state index in [9.17, 15) is 10.1 Å². The number of nitrogens with zero attached hydrogens (tertiary/aromatic N) is 2. The predicted molar refractivity (Wildman–Crippen MR) is 29.6 cm³/mol. The lowest BCUT2D eigenvalue weighted by molar-refractivity contribution is -1.30. The van der Waals surface area contributed by atoms with Crippen molar-refractivity contribution in [3.8, 4) is 0 Å². The first-order chi connectivity index (χ1) is 3.50. The van der Waals surface area contributed by atoms with Gasteiger partial charge in [0.05, 0.1) is 4.91 Å². The lowest BCUT2D eigenvalue weighted by Crippen LogP contribution is -2.43. The minimum atomic E-state index is -0.847. The highest BCUT2D eigenvalue weighted by Gasteiger charge is 2.19. The molecule has 0 heterocycles. The molecule has 0 rings (SSSR count). The number of quaternary nitrogens is 1. The summed E-state index contributed by atoms with van der Waals surface area (Å²) in [4.78, 5) is 10.6. The first kappa shape index (κ1) is 7.52. The van der Waals surface area contributed by atoms with Crippen molar-refractivity contribution < 1.29 is 9.62 Å². The second-order valence-corrected chi connectivity index (χ2v) is 1.83. The van der Waals surface area contributed by atoms with Crippen LogP contribution in [-0.2, 0) is 0 Å². The van der Waals surface area contributed by atoms with Crippen molar-refractivity contribution in [3.05, 3.63) is 10.1 Å². The average molecular weight is 119 g/mol. The van der Waals surface area contributed by atoms with Crippen LogP contribution >= 0.6 is 0 Å². The van der Waals surface area contributed by atoms with E-state index in [1.165, 1.54) is 14.1 Å². The zero-order chi connectivity index (χ0) is 6.78. The fraction of sp³-hybridized carbons (Fsp3) is 1.00. The van der Waals surface area contributed by atoms with Gasteiger partial charge in [0.25, 0.3) is 0 Å². The van der Waals surface area contributed by atoms with Gasteiger partial charge in [-0.1, -0.05) is 4.76 Å². The maximum Gasteiger partial charge on any atom is 0.246 e. The maximum atomic E-state index is 10.7. The highest BCUT2D eigenvalue weighted by atomic mass is 16.6. The molecule has 0 saturated carbocycles. The van der Waals surface area contributed by atoms with E-state index in [1.807, 2.05) is 0 Å². The second-order valence-electron chi connectivity index (χ2n) is 1.83. The number of rotatable bonds is 2. The summed E-state index contributed by atoms with van der Waals surface area (Å²) in [5.41, 5.74) is 0. The molecule has 4 nitrogen and oxygen atoms in total. The molecule has 1 unspecified atom stereocenters. The third kappa shape index (κ3) is 1.55. The van der Waals surface area contributed by atoms with E-state index >= 15 is 0 Å². The molecule has 8 heavy (non-hydrogen) atoms. The molecule has 48 valence electrons. The van der Waals surface area contributed by atoms with Gasteiger partial charge in [-0.15, -0.1) is 0 Å². The molecule has 0 spiro atoms. The summed E-state index contributed by atoms with van der Waals surface area (Å²) in [7, 11) is 2.53. The Bertz CT molecular complexity index is 100. The van der Waals surface area contributed by atoms with Gasteiger partial charge < -0.3 is 5.21 Å². The van der Waals surface area contributed by atoms with Crippen molar-refractivity contribution in [1.29, 1.82) is 0 Å². The van der Waals surface area contributed by atoms with Gasteiger partial charge in [-0.2, -0.15) is 0 Å². The van der Waals surface area contributed by atoms with E-state index in [2.05, 4.69) is 0 Å². The molecule has 0 fully saturated rings. The number of nitroso groups, excluding NO2 is 1. The van der Waals surface area contributed by atoms with E-state index in [0.717, 1.165) is 0 Å². The molecular weight excluding hydrogens is 108 g/mol. The summed E-state index contributed by atoms with van der Waals surface area (Å²) in [6.45, 7) is 1.95. The first-order valence-corrected chi connectivity index (χ1v) is 2.48. The zero-order valence-corrected chi connectivity index (χ0v) is 5.42. The van der Waals surface area contributed by atoms with Gasteiger partial charge in [0, 0.05) is 0 Å². The lowest BCUT2D eigenvalue weighted by Gasteiger charge is -2.22. The molecular formula is C4H11N2O2+. The first-order valence-electron chi connectivity index (χ1n) is 2.48. The van der Waals surface area contributed by atoms with Gasteiger partial charge in [-0.05, 0) is 6.92 Å². The van der Waals surface area contributed by atoms with Crippen molar-refractivity contribution >= 4 is 0 Å². The van der Waals surface area contributed by atoms with Crippen molar-refractivity contribution in [2.45, 2.75) is 6.92 Å². The van der Waals surface area contributed by atoms with E-state index < -0.39 is 4.76 Å². The third-order valence-electron chi connectivity index (χ3n) is 1.18. The van der Waals surface area contributed by atoms with Crippen molar-refractivity contribution in [2.75, 3.05) is 20.6 Å². The molecule has 0 aromatic carbocycles. The molecule has 0 aromatic rings. The summed E-state index contributed by atoms with van der Waals surface area (Å²) in [6.07, 6.45) is 0. The Morgan fingerprint density at radius 1 is 1.75 bits per heavy atom. The highest BCUT2D eigenvalue weighted by molar-refractivity contribution is 4.11. The molecule has 0 amide bonds. The van der Waals surface area contributed by atoms with E-state index in [4.69, 9.17) is 0 Å². The van der Waals surface area contributed by atoms with Crippen LogP contribution in [0.4, 0.5) is 0 Å². The van der Waals surface area contributed by atoms with E-state index in [-0.39, 0.29) is 6.54 Å². The Morgan fingerprint density at radius 2 is 2.12 bits per heavy atom. The summed E-state index contributed by atoms with van der Waals surface area (Å²) in [5.74, 6) is 0. The van der Waals surface area contributed by atoms with E-state index in [0.29, 0.717) is 4.87 Å². The van der Waals surface area contributed by atoms with Crippen LogP contribution in [0.2, 0.25) is 0 Å². The summed E-state index contributed by atoms with van der Waals surface area (Å²) in [6, 6.07) is 0. The number of hydroxylamine groups is 2. The Balaban J connectivity index is 3.91. The lowest BCUT2D eigenvalue weighted by atomic mass is 10.7. The van der Waals surface area contributed by atoms with Crippen LogP contribution < -0.4 is 0 Å². The summed E-state index contributed by atoms with van der Waals surface area (Å²) < 4.78 is -0.847. The Kier molecular flexibility index (Phi) is 2.06. The zero-order valence-electron chi connectivity index (χ0n) is 5.42. The van der Waals surface area contributed by atoms with E-state index in [1.54, 1.807) is 6.92 Å². The van der Waals surface area contributed by atoms with Crippen molar-refractivity contribution in [2.24, 2.45) is 0 Å². The minimum Gasteiger partial charge on any atom is -0.571 e. The van der Waals surface area contributed by atoms with Crippen LogP contribution in [-0.4, -0.2) is 30.3 Å². The smallest absolute Gasteiger partial charge is 0.246 e. The van der Waals surface area contributed by atoms with Gasteiger partial charge >= 0.3 is 0 Å². The van der Waals surface area contributed by atoms with Gasteiger partial charge in [0.1, 0.15) is 13.6 Å². The SMILES string of the molecule is CC[N+](C)([O-])[N+](C)=O. The van der Waals surface area contributed by atoms with Crippen LogP contribution in [0.1, 0.15) is 6.92 Å². The van der Waals surface area contributed by atoms with Gasteiger partial charge in [-0.3, -0.25) is 0 Å². The second kappa shape index (κ2) is 2.19. The Morgan fingerprint density at radius 3 is 2.12 bits per heavy atom. The predicted octanol–water partition coefficient (Wildman–Crippen LogP) is 0.274. The Labute approximate surface area is 48.4 Å². The maximum absolute atomic E-state index is 10.7. The monoisotopic (exact) mass is 119 g/mol. The highest BCUT2D eigenvalue weighted by Crippen LogP contribution is 1.94. The van der Waals surface area contributed by atoms with Crippen LogP contribution in [0, 0.1) is 10.1 Å². The van der Waals surface area contributed by atoms with Crippen LogP contribution in [0.5, 0.6) is 0 Å². The standard InChI is InChI=1S/C4H11N2O2/c1-4-6(3,8)5(2)7/h4H2,1-3H3/q+1. The minimum absolute atomic E-state index is 0.278. The number of hydrogen-bond acceptors (Lipinski definition) is 2. The van der Waals surface area contributed by atoms with Crippen molar-refractivity contribution in [3.63, 3.8) is 0 Å².